The Morgan fingerprint density at radius 3 is 2.93 bits per heavy atom. The molecule has 0 saturated heterocycles. The first-order chi connectivity index (χ1) is 6.59. The van der Waals surface area contributed by atoms with Crippen LogP contribution in [0.25, 0.3) is 0 Å². The molecule has 1 N–H and O–H groups in total. The Labute approximate surface area is 77.9 Å². The maximum absolute atomic E-state index is 11.8. The van der Waals surface area contributed by atoms with Crippen molar-refractivity contribution in [1.29, 1.82) is 0 Å². The van der Waals surface area contributed by atoms with Crippen molar-refractivity contribution in [2.75, 3.05) is 11.9 Å². The quantitative estimate of drug-likeness (QED) is 0.596. The van der Waals surface area contributed by atoms with Crippen LogP contribution < -0.4 is 5.32 Å². The molecule has 7 heteroatoms. The van der Waals surface area contributed by atoms with Gasteiger partial charge < -0.3 is 5.32 Å². The summed E-state index contributed by atoms with van der Waals surface area (Å²) >= 11 is 0. The fourth-order valence-electron chi connectivity index (χ4n) is 0.811. The van der Waals surface area contributed by atoms with E-state index >= 15 is 0 Å². The zero-order valence-corrected chi connectivity index (χ0v) is 6.98. The first-order valence-corrected chi connectivity index (χ1v) is 3.72. The third-order valence-electron chi connectivity index (χ3n) is 1.39. The molecular weight excluding hydrogens is 196 g/mol. The smallest absolute Gasteiger partial charge is 0.274 e. The molecule has 0 aliphatic rings. The predicted molar refractivity (Wildman–Crippen MR) is 45.4 cm³/mol. The zero-order valence-electron chi connectivity index (χ0n) is 6.98. The number of nitro groups is 1. The summed E-state index contributed by atoms with van der Waals surface area (Å²) in [5.74, 6) is 0.0690. The van der Waals surface area contributed by atoms with Gasteiger partial charge in [-0.25, -0.2) is 13.8 Å². The lowest BCUT2D eigenvalue weighted by molar-refractivity contribution is -0.384. The third-order valence-corrected chi connectivity index (χ3v) is 1.39. The highest BCUT2D eigenvalue weighted by Gasteiger charge is 2.07. The molecule has 0 aromatic carbocycles. The number of rotatable bonds is 4. The van der Waals surface area contributed by atoms with E-state index in [2.05, 4.69) is 10.3 Å². The van der Waals surface area contributed by atoms with E-state index in [0.29, 0.717) is 0 Å². The second kappa shape index (κ2) is 4.45. The summed E-state index contributed by atoms with van der Waals surface area (Å²) in [6, 6.07) is 2.29. The normalized spacial score (nSPS) is 10.2. The average molecular weight is 203 g/mol. The van der Waals surface area contributed by atoms with E-state index in [9.17, 15) is 18.9 Å². The van der Waals surface area contributed by atoms with E-state index in [1.54, 1.807) is 0 Å². The molecule has 1 aromatic rings. The van der Waals surface area contributed by atoms with E-state index in [1.165, 1.54) is 12.3 Å². The number of nitrogens with zero attached hydrogens (tertiary/aromatic N) is 2. The molecule has 0 atom stereocenters. The van der Waals surface area contributed by atoms with Crippen LogP contribution in [0.3, 0.4) is 0 Å². The van der Waals surface area contributed by atoms with Crippen LogP contribution in [0.4, 0.5) is 20.3 Å². The number of alkyl halides is 2. The highest BCUT2D eigenvalue weighted by molar-refractivity contribution is 5.44. The second-order valence-corrected chi connectivity index (χ2v) is 2.43. The first kappa shape index (κ1) is 10.3. The van der Waals surface area contributed by atoms with Crippen molar-refractivity contribution in [3.63, 3.8) is 0 Å². The summed E-state index contributed by atoms with van der Waals surface area (Å²) < 4.78 is 23.5. The summed E-state index contributed by atoms with van der Waals surface area (Å²) in [7, 11) is 0. The first-order valence-electron chi connectivity index (χ1n) is 3.72. The van der Waals surface area contributed by atoms with Crippen molar-refractivity contribution >= 4 is 11.5 Å². The van der Waals surface area contributed by atoms with Gasteiger partial charge in [-0.2, -0.15) is 0 Å². The average Bonchev–Trinajstić information content (AvgIpc) is 2.15. The summed E-state index contributed by atoms with van der Waals surface area (Å²) in [6.07, 6.45) is -1.33. The van der Waals surface area contributed by atoms with Crippen LogP contribution in [0.15, 0.2) is 18.3 Å². The van der Waals surface area contributed by atoms with Gasteiger partial charge in [-0.15, -0.1) is 0 Å². The van der Waals surface area contributed by atoms with Crippen LogP contribution in [0, 0.1) is 10.1 Å². The largest absolute Gasteiger partial charge is 0.364 e. The topological polar surface area (TPSA) is 68.1 Å². The molecule has 1 rings (SSSR count). The number of pyridine rings is 1. The Kier molecular flexibility index (Phi) is 3.27. The molecule has 5 nitrogen and oxygen atoms in total. The van der Waals surface area contributed by atoms with E-state index in [0.717, 1.165) is 6.07 Å². The van der Waals surface area contributed by atoms with Gasteiger partial charge in [-0.05, 0) is 0 Å². The van der Waals surface area contributed by atoms with Crippen LogP contribution in [-0.4, -0.2) is 22.9 Å². The van der Waals surface area contributed by atoms with Gasteiger partial charge in [0.05, 0.1) is 17.5 Å². The fraction of sp³-hybridized carbons (Fsp3) is 0.286. The van der Waals surface area contributed by atoms with Crippen molar-refractivity contribution in [2.45, 2.75) is 6.43 Å². The second-order valence-electron chi connectivity index (χ2n) is 2.43. The van der Waals surface area contributed by atoms with Crippen molar-refractivity contribution in [3.05, 3.63) is 28.4 Å². The minimum absolute atomic E-state index is 0.0690. The van der Waals surface area contributed by atoms with Gasteiger partial charge in [0, 0.05) is 12.3 Å². The maximum Gasteiger partial charge on any atom is 0.274 e. The fourth-order valence-corrected chi connectivity index (χ4v) is 0.811. The predicted octanol–water partition coefficient (Wildman–Crippen LogP) is 1.67. The third kappa shape index (κ3) is 2.92. The number of halogens is 2. The molecule has 0 bridgehead atoms. The molecule has 0 spiro atoms. The number of hydrogen-bond donors (Lipinski definition) is 1. The molecule has 14 heavy (non-hydrogen) atoms. The zero-order chi connectivity index (χ0) is 10.6. The van der Waals surface area contributed by atoms with E-state index in [-0.39, 0.29) is 11.5 Å². The van der Waals surface area contributed by atoms with Crippen molar-refractivity contribution < 1.29 is 13.7 Å². The van der Waals surface area contributed by atoms with Crippen molar-refractivity contribution in [1.82, 2.24) is 4.98 Å². The molecule has 76 valence electrons. The van der Waals surface area contributed by atoms with Crippen LogP contribution in [0.2, 0.25) is 0 Å². The Balaban J connectivity index is 2.69. The van der Waals surface area contributed by atoms with Gasteiger partial charge in [0.25, 0.3) is 12.1 Å². The minimum atomic E-state index is -2.52. The summed E-state index contributed by atoms with van der Waals surface area (Å²) in [5, 5.41) is 12.6. The molecule has 0 fully saturated rings. The van der Waals surface area contributed by atoms with Crippen LogP contribution in [0.5, 0.6) is 0 Å². The van der Waals surface area contributed by atoms with Crippen LogP contribution in [-0.2, 0) is 0 Å². The highest BCUT2D eigenvalue weighted by Crippen LogP contribution is 2.14. The van der Waals surface area contributed by atoms with Gasteiger partial charge >= 0.3 is 0 Å². The van der Waals surface area contributed by atoms with E-state index in [4.69, 9.17) is 0 Å². The minimum Gasteiger partial charge on any atom is -0.364 e. The van der Waals surface area contributed by atoms with Gasteiger partial charge in [0.1, 0.15) is 5.82 Å². The molecule has 0 aliphatic heterocycles. The monoisotopic (exact) mass is 203 g/mol. The molecule has 0 amide bonds. The molecule has 0 unspecified atom stereocenters. The molecule has 0 saturated carbocycles. The lowest BCUT2D eigenvalue weighted by atomic mass is 10.4. The Bertz CT molecular complexity index is 332. The standard InChI is InChI=1S/C7H7F2N3O2/c8-6(9)4-11-7-3-5(12(13)14)1-2-10-7/h1-3,6H,4H2,(H,10,11). The highest BCUT2D eigenvalue weighted by atomic mass is 19.3. The Morgan fingerprint density at radius 1 is 1.64 bits per heavy atom. The Morgan fingerprint density at radius 2 is 2.36 bits per heavy atom. The summed E-state index contributed by atoms with van der Waals surface area (Å²) in [4.78, 5) is 13.3. The van der Waals surface area contributed by atoms with Crippen molar-refractivity contribution in [2.24, 2.45) is 0 Å². The van der Waals surface area contributed by atoms with Gasteiger partial charge in [-0.3, -0.25) is 10.1 Å². The van der Waals surface area contributed by atoms with Gasteiger partial charge in [-0.1, -0.05) is 0 Å². The molecule has 1 heterocycles. The van der Waals surface area contributed by atoms with Crippen LogP contribution in [0.1, 0.15) is 0 Å². The SMILES string of the molecule is O=[N+]([O-])c1ccnc(NCC(F)F)c1. The molecular formula is C7H7F2N3O2. The molecule has 1 aromatic heterocycles. The lowest BCUT2D eigenvalue weighted by Crippen LogP contribution is -2.11. The molecule has 0 radical (unpaired) electrons. The maximum atomic E-state index is 11.8. The number of nitrogens with one attached hydrogen (secondary N) is 1. The number of anilines is 1. The van der Waals surface area contributed by atoms with Crippen LogP contribution >= 0.6 is 0 Å². The van der Waals surface area contributed by atoms with Crippen molar-refractivity contribution in [3.8, 4) is 0 Å². The number of hydrogen-bond acceptors (Lipinski definition) is 4. The lowest BCUT2D eigenvalue weighted by Gasteiger charge is -2.03. The van der Waals surface area contributed by atoms with E-state index < -0.39 is 17.9 Å². The Hall–Kier alpha value is -1.79. The van der Waals surface area contributed by atoms with E-state index in [1.807, 2.05) is 0 Å². The molecule has 0 aliphatic carbocycles. The summed E-state index contributed by atoms with van der Waals surface area (Å²) in [5.41, 5.74) is -0.184. The number of aromatic nitrogens is 1. The summed E-state index contributed by atoms with van der Waals surface area (Å²) in [6.45, 7) is -0.575. The van der Waals surface area contributed by atoms with Gasteiger partial charge in [0.15, 0.2) is 0 Å². The van der Waals surface area contributed by atoms with Gasteiger partial charge in [0.2, 0.25) is 0 Å².